The molecular formula is C33H60FN7O3. The second kappa shape index (κ2) is 20.4. The Bertz CT molecular complexity index is 930. The van der Waals surface area contributed by atoms with Crippen molar-refractivity contribution in [2.45, 2.75) is 59.7 Å². The average molecular weight is 622 g/mol. The molecule has 3 rings (SSSR count). The number of carbonyl (C=O) groups is 3. The number of likely N-dealkylation sites (N-methyl/N-ethyl adjacent to an activating group) is 1. The predicted octanol–water partition coefficient (Wildman–Crippen LogP) is 2.40. The molecule has 0 unspecified atom stereocenters. The predicted molar refractivity (Wildman–Crippen MR) is 178 cm³/mol. The van der Waals surface area contributed by atoms with Crippen molar-refractivity contribution >= 4 is 17.7 Å². The highest BCUT2D eigenvalue weighted by molar-refractivity contribution is 5.90. The number of nitrogens with zero attached hydrogens (tertiary/aromatic N) is 7. The van der Waals surface area contributed by atoms with E-state index < -0.39 is 11.7 Å². The van der Waals surface area contributed by atoms with Gasteiger partial charge in [0.15, 0.2) is 5.83 Å². The molecule has 3 amide bonds. The third kappa shape index (κ3) is 14.5. The van der Waals surface area contributed by atoms with Gasteiger partial charge in [-0.05, 0) is 61.7 Å². The van der Waals surface area contributed by atoms with Gasteiger partial charge >= 0.3 is 0 Å². The largest absolute Gasteiger partial charge is 0.337 e. The third-order valence-electron chi connectivity index (χ3n) is 8.18. The summed E-state index contributed by atoms with van der Waals surface area (Å²) in [5.74, 6) is -1.21. The Morgan fingerprint density at radius 1 is 0.659 bits per heavy atom. The molecule has 0 saturated carbocycles. The molecule has 0 aromatic carbocycles. The zero-order valence-corrected chi connectivity index (χ0v) is 28.8. The third-order valence-corrected chi connectivity index (χ3v) is 8.18. The Morgan fingerprint density at radius 3 is 1.30 bits per heavy atom. The first-order valence-corrected chi connectivity index (χ1v) is 16.0. The van der Waals surface area contributed by atoms with Crippen molar-refractivity contribution in [2.24, 2.45) is 0 Å². The van der Waals surface area contributed by atoms with E-state index in [-0.39, 0.29) is 11.8 Å². The van der Waals surface area contributed by atoms with Crippen molar-refractivity contribution < 1.29 is 18.8 Å². The van der Waals surface area contributed by atoms with Crippen LogP contribution in [0.2, 0.25) is 0 Å². The minimum atomic E-state index is -0.858. The molecule has 0 spiro atoms. The quantitative estimate of drug-likeness (QED) is 0.386. The molecule has 0 N–H and O–H groups in total. The average Bonchev–Trinajstić information content (AvgIpc) is 3.00. The lowest BCUT2D eigenvalue weighted by atomic mass is 10.2. The van der Waals surface area contributed by atoms with Crippen molar-refractivity contribution in [3.63, 3.8) is 0 Å². The second-order valence-corrected chi connectivity index (χ2v) is 12.6. The Balaban J connectivity index is 0.000000333. The number of hydrogen-bond acceptors (Lipinski definition) is 7. The van der Waals surface area contributed by atoms with Gasteiger partial charge in [0.2, 0.25) is 11.8 Å². The molecular weight excluding hydrogens is 561 g/mol. The number of halogens is 1. The number of hydrogen-bond donors (Lipinski definition) is 0. The zero-order chi connectivity index (χ0) is 33.4. The maximum Gasteiger partial charge on any atom is 0.282 e. The van der Waals surface area contributed by atoms with Crippen LogP contribution in [0.3, 0.4) is 0 Å². The first-order chi connectivity index (χ1) is 20.7. The summed E-state index contributed by atoms with van der Waals surface area (Å²) in [5.41, 5.74) is 0. The van der Waals surface area contributed by atoms with Crippen LogP contribution in [-0.2, 0) is 14.4 Å². The Morgan fingerprint density at radius 2 is 1.00 bits per heavy atom. The van der Waals surface area contributed by atoms with Crippen LogP contribution < -0.4 is 0 Å². The SMILES string of the molecule is C=C(F)C(=O)N1CCN(C(C)C)CC1.C=CC(=O)N1CCN(C(C)C)CC1.CC(C)N1CCN(C(=O)/C=C/CN(C)C)CC1. The number of piperazine rings is 3. The lowest BCUT2D eigenvalue weighted by Gasteiger charge is -2.36. The lowest BCUT2D eigenvalue weighted by Crippen LogP contribution is -2.50. The van der Waals surface area contributed by atoms with Crippen molar-refractivity contribution in [3.8, 4) is 0 Å². The van der Waals surface area contributed by atoms with Crippen molar-refractivity contribution in [1.82, 2.24) is 34.3 Å². The van der Waals surface area contributed by atoms with Crippen LogP contribution in [0, 0.1) is 0 Å². The fourth-order valence-electron chi connectivity index (χ4n) is 5.13. The lowest BCUT2D eigenvalue weighted by molar-refractivity contribution is -0.130. The summed E-state index contributed by atoms with van der Waals surface area (Å²) in [5, 5.41) is 0. The minimum absolute atomic E-state index is 0.0587. The van der Waals surface area contributed by atoms with Gasteiger partial charge in [0.1, 0.15) is 0 Å². The Labute approximate surface area is 266 Å². The standard InChI is InChI=1S/C13H25N3O.C10H17FN2O.C10H18N2O/c1-12(2)15-8-10-16(11-9-15)13(17)6-5-7-14(3)4;1-8(2)12-4-6-13(7-5-12)10(14)9(3)11;1-4-10(13)12-7-5-11(6-8-12)9(2)3/h5-6,12H,7-11H2,1-4H3;8H,3-7H2,1-2H3;4,9H,1,5-8H2,2-3H3/b6-5+;;. The zero-order valence-electron chi connectivity index (χ0n) is 28.8. The highest BCUT2D eigenvalue weighted by atomic mass is 19.1. The summed E-state index contributed by atoms with van der Waals surface area (Å²) in [7, 11) is 3.99. The van der Waals surface area contributed by atoms with E-state index in [9.17, 15) is 18.8 Å². The number of rotatable bonds is 8. The normalized spacial score (nSPS) is 18.8. The summed E-state index contributed by atoms with van der Waals surface area (Å²) in [4.78, 5) is 48.7. The molecule has 3 heterocycles. The number of carbonyl (C=O) groups excluding carboxylic acids is 3. The molecule has 3 aliphatic heterocycles. The first kappa shape index (κ1) is 39.4. The van der Waals surface area contributed by atoms with Gasteiger partial charge in [-0.2, -0.15) is 0 Å². The molecule has 3 aliphatic rings. The molecule has 0 aromatic rings. The Hall–Kier alpha value is -2.60. The molecule has 3 saturated heterocycles. The minimum Gasteiger partial charge on any atom is -0.337 e. The first-order valence-electron chi connectivity index (χ1n) is 16.0. The molecule has 11 heteroatoms. The van der Waals surface area contributed by atoms with E-state index in [0.29, 0.717) is 31.2 Å². The van der Waals surface area contributed by atoms with Gasteiger partial charge in [0.25, 0.3) is 5.91 Å². The maximum absolute atomic E-state index is 12.5. The molecule has 0 atom stereocenters. The molecule has 3 fully saturated rings. The summed E-state index contributed by atoms with van der Waals surface area (Å²) in [6.45, 7) is 30.5. The van der Waals surface area contributed by atoms with E-state index in [1.807, 2.05) is 34.9 Å². The monoisotopic (exact) mass is 621 g/mol. The van der Waals surface area contributed by atoms with Crippen LogP contribution in [0.4, 0.5) is 4.39 Å². The summed E-state index contributed by atoms with van der Waals surface area (Å²) >= 11 is 0. The van der Waals surface area contributed by atoms with Crippen LogP contribution in [0.1, 0.15) is 41.5 Å². The second-order valence-electron chi connectivity index (χ2n) is 12.6. The van der Waals surface area contributed by atoms with Crippen LogP contribution in [0.15, 0.2) is 37.2 Å². The van der Waals surface area contributed by atoms with Gasteiger partial charge in [0, 0.05) is 109 Å². The maximum atomic E-state index is 12.5. The van der Waals surface area contributed by atoms with Gasteiger partial charge < -0.3 is 19.6 Å². The van der Waals surface area contributed by atoms with E-state index >= 15 is 0 Å². The van der Waals surface area contributed by atoms with E-state index in [2.05, 4.69) is 69.4 Å². The van der Waals surface area contributed by atoms with E-state index in [1.54, 1.807) is 6.08 Å². The van der Waals surface area contributed by atoms with E-state index in [0.717, 1.165) is 72.0 Å². The molecule has 252 valence electrons. The summed E-state index contributed by atoms with van der Waals surface area (Å²) in [6, 6.07) is 1.65. The smallest absolute Gasteiger partial charge is 0.282 e. The molecule has 0 radical (unpaired) electrons. The number of amides is 3. The molecule has 0 aliphatic carbocycles. The highest BCUT2D eigenvalue weighted by Gasteiger charge is 2.24. The van der Waals surface area contributed by atoms with E-state index in [4.69, 9.17) is 0 Å². The molecule has 0 bridgehead atoms. The van der Waals surface area contributed by atoms with Gasteiger partial charge in [-0.1, -0.05) is 19.2 Å². The molecule has 0 aromatic heterocycles. The van der Waals surface area contributed by atoms with Gasteiger partial charge in [-0.15, -0.1) is 0 Å². The van der Waals surface area contributed by atoms with Crippen LogP contribution >= 0.6 is 0 Å². The topological polar surface area (TPSA) is 73.9 Å². The van der Waals surface area contributed by atoms with Crippen LogP contribution in [0.5, 0.6) is 0 Å². The van der Waals surface area contributed by atoms with Crippen LogP contribution in [-0.4, -0.2) is 169 Å². The molecule has 44 heavy (non-hydrogen) atoms. The van der Waals surface area contributed by atoms with E-state index in [1.165, 1.54) is 11.0 Å². The van der Waals surface area contributed by atoms with Gasteiger partial charge in [0.05, 0.1) is 0 Å². The summed E-state index contributed by atoms with van der Waals surface area (Å²) in [6.07, 6.45) is 5.02. The highest BCUT2D eigenvalue weighted by Crippen LogP contribution is 2.09. The van der Waals surface area contributed by atoms with Crippen molar-refractivity contribution in [1.29, 1.82) is 0 Å². The summed E-state index contributed by atoms with van der Waals surface area (Å²) < 4.78 is 12.5. The van der Waals surface area contributed by atoms with Crippen molar-refractivity contribution in [3.05, 3.63) is 37.2 Å². The fraction of sp³-hybridized carbons (Fsp3) is 0.727. The Kier molecular flexibility index (Phi) is 18.3. The van der Waals surface area contributed by atoms with Gasteiger partial charge in [-0.25, -0.2) is 4.39 Å². The van der Waals surface area contributed by atoms with Crippen molar-refractivity contribution in [2.75, 3.05) is 99.2 Å². The fourth-order valence-corrected chi connectivity index (χ4v) is 5.13. The van der Waals surface area contributed by atoms with Gasteiger partial charge in [-0.3, -0.25) is 29.1 Å². The van der Waals surface area contributed by atoms with Crippen LogP contribution in [0.25, 0.3) is 0 Å². The molecule has 10 nitrogen and oxygen atoms in total.